The number of rotatable bonds is 6. The zero-order valence-corrected chi connectivity index (χ0v) is 18.6. The quantitative estimate of drug-likeness (QED) is 0.370. The molecule has 0 radical (unpaired) electrons. The van der Waals surface area contributed by atoms with Gasteiger partial charge in [0.1, 0.15) is 17.4 Å². The number of carbonyl (C=O) groups excluding carboxylic acids is 1. The number of hydrogen-bond donors (Lipinski definition) is 2. The Balaban J connectivity index is 1.66. The largest absolute Gasteiger partial charge is 0.495 e. The molecule has 1 atom stereocenters. The van der Waals surface area contributed by atoms with Gasteiger partial charge in [-0.2, -0.15) is 13.2 Å². The molecule has 2 aromatic carbocycles. The minimum Gasteiger partial charge on any atom is -0.495 e. The lowest BCUT2D eigenvalue weighted by molar-refractivity contribution is -0.137. The van der Waals surface area contributed by atoms with Crippen molar-refractivity contribution in [3.63, 3.8) is 0 Å². The van der Waals surface area contributed by atoms with Gasteiger partial charge in [-0.05, 0) is 42.5 Å². The predicted molar refractivity (Wildman–Crippen MR) is 115 cm³/mol. The molecule has 0 bridgehead atoms. The van der Waals surface area contributed by atoms with E-state index in [1.165, 1.54) is 19.4 Å². The average Bonchev–Trinajstić information content (AvgIpc) is 3.23. The van der Waals surface area contributed by atoms with Gasteiger partial charge in [-0.15, -0.1) is 0 Å². The van der Waals surface area contributed by atoms with Gasteiger partial charge < -0.3 is 10.1 Å². The molecule has 1 aromatic heterocycles. The molecule has 2 N–H and O–H groups in total. The molecule has 2 heterocycles. The van der Waals surface area contributed by atoms with E-state index >= 15 is 4.39 Å². The zero-order chi connectivity index (χ0) is 25.5. The SMILES string of the molecule is COc1cnc2c(c1)C(C(=O)c1c(F)ccc(NS(=O)(=O)c3ccc(C(F)(F)F)cc3)c1F)CN2. The molecule has 0 aliphatic carbocycles. The number of fused-ring (bicyclic) bond motifs is 1. The van der Waals surface area contributed by atoms with Gasteiger partial charge in [0.2, 0.25) is 0 Å². The third kappa shape index (κ3) is 4.63. The van der Waals surface area contributed by atoms with Crippen molar-refractivity contribution in [3.8, 4) is 5.75 Å². The van der Waals surface area contributed by atoms with E-state index in [9.17, 15) is 30.8 Å². The van der Waals surface area contributed by atoms with Crippen LogP contribution in [0, 0.1) is 11.6 Å². The molecule has 7 nitrogen and oxygen atoms in total. The Morgan fingerprint density at radius 1 is 1.14 bits per heavy atom. The lowest BCUT2D eigenvalue weighted by Crippen LogP contribution is -2.20. The fourth-order valence-corrected chi connectivity index (χ4v) is 4.65. The second-order valence-electron chi connectivity index (χ2n) is 7.52. The Hall–Kier alpha value is -3.74. The molecule has 1 unspecified atom stereocenters. The number of ether oxygens (including phenoxy) is 1. The Labute approximate surface area is 196 Å². The summed E-state index contributed by atoms with van der Waals surface area (Å²) in [5.41, 5.74) is -2.44. The number of hydrogen-bond acceptors (Lipinski definition) is 6. The van der Waals surface area contributed by atoms with Gasteiger partial charge in [0.15, 0.2) is 11.6 Å². The van der Waals surface area contributed by atoms with Gasteiger partial charge in [0.25, 0.3) is 10.0 Å². The van der Waals surface area contributed by atoms with Gasteiger partial charge >= 0.3 is 6.18 Å². The fourth-order valence-electron chi connectivity index (χ4n) is 3.59. The highest BCUT2D eigenvalue weighted by atomic mass is 32.2. The van der Waals surface area contributed by atoms with Crippen molar-refractivity contribution in [2.75, 3.05) is 23.7 Å². The van der Waals surface area contributed by atoms with Gasteiger partial charge in [-0.25, -0.2) is 22.2 Å². The summed E-state index contributed by atoms with van der Waals surface area (Å²) in [5, 5.41) is 2.86. The molecule has 0 spiro atoms. The summed E-state index contributed by atoms with van der Waals surface area (Å²) in [6.07, 6.45) is -3.28. The summed E-state index contributed by atoms with van der Waals surface area (Å²) in [4.78, 5) is 16.6. The predicted octanol–water partition coefficient (Wildman–Crippen LogP) is 4.58. The summed E-state index contributed by atoms with van der Waals surface area (Å²) < 4.78 is 100. The van der Waals surface area contributed by atoms with Crippen molar-refractivity contribution in [2.45, 2.75) is 17.0 Å². The van der Waals surface area contributed by atoms with E-state index in [1.807, 2.05) is 4.72 Å². The summed E-state index contributed by atoms with van der Waals surface area (Å²) in [7, 11) is -3.18. The number of ketones is 1. The van der Waals surface area contributed by atoms with Crippen molar-refractivity contribution >= 4 is 27.3 Å². The summed E-state index contributed by atoms with van der Waals surface area (Å²) in [5.74, 6) is -4.01. The summed E-state index contributed by atoms with van der Waals surface area (Å²) in [6, 6.07) is 5.48. The Bertz CT molecular complexity index is 1410. The molecular weight excluding hydrogens is 497 g/mol. The molecule has 35 heavy (non-hydrogen) atoms. The summed E-state index contributed by atoms with van der Waals surface area (Å²) >= 11 is 0. The zero-order valence-electron chi connectivity index (χ0n) is 17.8. The first-order chi connectivity index (χ1) is 16.4. The lowest BCUT2D eigenvalue weighted by Gasteiger charge is -2.15. The van der Waals surface area contributed by atoms with Crippen LogP contribution in [0.2, 0.25) is 0 Å². The van der Waals surface area contributed by atoms with Crippen LogP contribution < -0.4 is 14.8 Å². The number of aromatic nitrogens is 1. The molecule has 1 aliphatic heterocycles. The molecular formula is C22H16F5N3O4S. The van der Waals surface area contributed by atoms with E-state index in [2.05, 4.69) is 10.3 Å². The number of halogens is 5. The molecule has 184 valence electrons. The van der Waals surface area contributed by atoms with Crippen LogP contribution in [0.15, 0.2) is 53.6 Å². The molecule has 0 saturated heterocycles. The number of pyridine rings is 1. The van der Waals surface area contributed by atoms with Gasteiger partial charge in [-0.1, -0.05) is 0 Å². The maximum absolute atomic E-state index is 15.2. The monoisotopic (exact) mass is 513 g/mol. The first kappa shape index (κ1) is 24.4. The molecule has 3 aromatic rings. The smallest absolute Gasteiger partial charge is 0.416 e. The Morgan fingerprint density at radius 2 is 1.83 bits per heavy atom. The van der Waals surface area contributed by atoms with E-state index in [-0.39, 0.29) is 6.54 Å². The number of methoxy groups -OCH3 is 1. The van der Waals surface area contributed by atoms with Crippen LogP contribution in [0.5, 0.6) is 5.75 Å². The number of carbonyl (C=O) groups is 1. The van der Waals surface area contributed by atoms with Crippen molar-refractivity contribution in [2.24, 2.45) is 0 Å². The lowest BCUT2D eigenvalue weighted by atomic mass is 9.92. The van der Waals surface area contributed by atoms with Crippen molar-refractivity contribution in [3.05, 3.63) is 77.0 Å². The van der Waals surface area contributed by atoms with Crippen LogP contribution in [0.3, 0.4) is 0 Å². The molecule has 0 fully saturated rings. The van der Waals surface area contributed by atoms with E-state index in [1.54, 1.807) is 0 Å². The standard InChI is InChI=1S/C22H16F5N3O4S/c1-34-12-8-14-15(10-29-21(14)28-9-12)20(31)18-16(23)6-7-17(19(18)24)30-35(32,33)13-4-2-11(3-5-13)22(25,26)27/h2-9,15,30H,10H2,1H3,(H,28,29). The third-order valence-electron chi connectivity index (χ3n) is 5.37. The first-order valence-electron chi connectivity index (χ1n) is 9.92. The Morgan fingerprint density at radius 3 is 2.46 bits per heavy atom. The molecule has 0 amide bonds. The normalized spacial score (nSPS) is 15.3. The van der Waals surface area contributed by atoms with Crippen LogP contribution in [-0.4, -0.2) is 32.8 Å². The van der Waals surface area contributed by atoms with Crippen LogP contribution >= 0.6 is 0 Å². The van der Waals surface area contributed by atoms with E-state index in [0.717, 1.165) is 6.07 Å². The van der Waals surface area contributed by atoms with Gasteiger partial charge in [0, 0.05) is 12.1 Å². The number of anilines is 2. The number of sulfonamides is 1. The molecule has 13 heteroatoms. The first-order valence-corrected chi connectivity index (χ1v) is 11.4. The Kier molecular flexibility index (Phi) is 6.13. The van der Waals surface area contributed by atoms with Gasteiger partial charge in [-0.3, -0.25) is 9.52 Å². The number of nitrogens with one attached hydrogen (secondary N) is 2. The molecule has 1 aliphatic rings. The highest BCUT2D eigenvalue weighted by Crippen LogP contribution is 2.36. The third-order valence-corrected chi connectivity index (χ3v) is 6.75. The second kappa shape index (κ2) is 8.80. The van der Waals surface area contributed by atoms with Crippen LogP contribution in [0.1, 0.15) is 27.4 Å². The summed E-state index contributed by atoms with van der Waals surface area (Å²) in [6.45, 7) is -0.00523. The van der Waals surface area contributed by atoms with E-state index < -0.39 is 61.2 Å². The molecule has 0 saturated carbocycles. The number of alkyl halides is 3. The minimum atomic E-state index is -4.68. The van der Waals surface area contributed by atoms with Crippen molar-refractivity contribution in [1.29, 1.82) is 0 Å². The average molecular weight is 513 g/mol. The fraction of sp³-hybridized carbons (Fsp3) is 0.182. The highest BCUT2D eigenvalue weighted by Gasteiger charge is 2.35. The van der Waals surface area contributed by atoms with Crippen LogP contribution in [-0.2, 0) is 16.2 Å². The maximum atomic E-state index is 15.2. The van der Waals surface area contributed by atoms with Crippen LogP contribution in [0.4, 0.5) is 33.5 Å². The topological polar surface area (TPSA) is 97.4 Å². The van der Waals surface area contributed by atoms with E-state index in [0.29, 0.717) is 47.5 Å². The second-order valence-corrected chi connectivity index (χ2v) is 9.20. The minimum absolute atomic E-state index is 0.00523. The van der Waals surface area contributed by atoms with Crippen LogP contribution in [0.25, 0.3) is 0 Å². The molecule has 4 rings (SSSR count). The number of benzene rings is 2. The van der Waals surface area contributed by atoms with E-state index in [4.69, 9.17) is 4.74 Å². The highest BCUT2D eigenvalue weighted by molar-refractivity contribution is 7.92. The van der Waals surface area contributed by atoms with Crippen molar-refractivity contribution < 1.29 is 39.9 Å². The van der Waals surface area contributed by atoms with Crippen molar-refractivity contribution in [1.82, 2.24) is 4.98 Å². The maximum Gasteiger partial charge on any atom is 0.416 e. The number of Topliss-reactive ketones (excluding diaryl/α,β-unsaturated/α-hetero) is 1. The number of nitrogens with zero attached hydrogens (tertiary/aromatic N) is 1. The van der Waals surface area contributed by atoms with Gasteiger partial charge in [0.05, 0.1) is 40.9 Å².